The van der Waals surface area contributed by atoms with Gasteiger partial charge in [-0.1, -0.05) is 224 Å². The van der Waals surface area contributed by atoms with Gasteiger partial charge in [-0.15, -0.1) is 0 Å². The third-order valence-electron chi connectivity index (χ3n) is 12.9. The van der Waals surface area contributed by atoms with Gasteiger partial charge < -0.3 is 0 Å². The first-order valence-electron chi connectivity index (χ1n) is 20.6. The van der Waals surface area contributed by atoms with E-state index in [1.807, 2.05) is 0 Å². The minimum absolute atomic E-state index is 1.23. The molecule has 0 saturated carbocycles. The van der Waals surface area contributed by atoms with Crippen molar-refractivity contribution in [2.24, 2.45) is 0 Å². The summed E-state index contributed by atoms with van der Waals surface area (Å²) in [6.07, 6.45) is 0. The first-order chi connectivity index (χ1) is 29.3. The van der Waals surface area contributed by atoms with E-state index in [-0.39, 0.29) is 0 Å². The molecule has 274 valence electrons. The van der Waals surface area contributed by atoms with Gasteiger partial charge in [0.2, 0.25) is 0 Å². The van der Waals surface area contributed by atoms with Crippen LogP contribution in [0, 0.1) is 0 Å². The lowest BCUT2D eigenvalue weighted by Crippen LogP contribution is -2.74. The number of benzene rings is 12. The Balaban J connectivity index is 1.13. The molecule has 1 heteroatoms. The van der Waals surface area contributed by atoms with E-state index in [1.165, 1.54) is 108 Å². The lowest BCUT2D eigenvalue weighted by Gasteiger charge is -2.36. The molecule has 59 heavy (non-hydrogen) atoms. The van der Waals surface area contributed by atoms with Crippen molar-refractivity contribution >= 4 is 93.5 Å². The second kappa shape index (κ2) is 13.4. The van der Waals surface area contributed by atoms with Crippen LogP contribution < -0.4 is 20.7 Å². The Morgan fingerprint density at radius 2 is 0.661 bits per heavy atom. The summed E-state index contributed by atoms with van der Waals surface area (Å²) in [5.41, 5.74) is 5.04. The van der Waals surface area contributed by atoms with Crippen LogP contribution in [0.4, 0.5) is 0 Å². The van der Waals surface area contributed by atoms with Crippen LogP contribution in [-0.2, 0) is 0 Å². The molecule has 0 spiro atoms. The predicted octanol–water partition coefficient (Wildman–Crippen LogP) is 12.8. The van der Waals surface area contributed by atoms with Gasteiger partial charge in [0, 0.05) is 0 Å². The van der Waals surface area contributed by atoms with E-state index in [0.717, 1.165) is 0 Å². The van der Waals surface area contributed by atoms with Crippen LogP contribution in [0.25, 0.3) is 86.9 Å². The van der Waals surface area contributed by atoms with E-state index in [9.17, 15) is 0 Å². The zero-order valence-corrected chi connectivity index (χ0v) is 33.4. The number of fused-ring (bicyclic) bond motifs is 3. The molecule has 0 fully saturated rings. The van der Waals surface area contributed by atoms with Crippen molar-refractivity contribution in [2.75, 3.05) is 0 Å². The topological polar surface area (TPSA) is 0 Å². The van der Waals surface area contributed by atoms with Gasteiger partial charge >= 0.3 is 0 Å². The van der Waals surface area contributed by atoms with Gasteiger partial charge in [0.25, 0.3) is 0 Å². The number of hydrogen-bond donors (Lipinski definition) is 0. The molecule has 0 heterocycles. The summed E-state index contributed by atoms with van der Waals surface area (Å²) in [6.45, 7) is 0. The monoisotopic (exact) mass is 762 g/mol. The van der Waals surface area contributed by atoms with Crippen molar-refractivity contribution < 1.29 is 0 Å². The molecular weight excluding hydrogens is 725 g/mol. The molecule has 0 saturated heterocycles. The van der Waals surface area contributed by atoms with Crippen LogP contribution in [0.3, 0.4) is 0 Å². The fraction of sp³-hybridized carbons (Fsp3) is 0. The molecule has 0 radical (unpaired) electrons. The molecule has 0 aromatic heterocycles. The second-order valence-electron chi connectivity index (χ2n) is 15.9. The van der Waals surface area contributed by atoms with Crippen molar-refractivity contribution in [3.05, 3.63) is 231 Å². The fourth-order valence-corrected chi connectivity index (χ4v) is 15.3. The highest BCUT2D eigenvalue weighted by atomic mass is 28.3. The molecular formula is C58H38Si. The van der Waals surface area contributed by atoms with Crippen LogP contribution in [0.15, 0.2) is 231 Å². The van der Waals surface area contributed by atoms with Crippen molar-refractivity contribution in [3.63, 3.8) is 0 Å². The second-order valence-corrected chi connectivity index (χ2v) is 19.7. The summed E-state index contributed by atoms with van der Waals surface area (Å²) >= 11 is 0. The van der Waals surface area contributed by atoms with E-state index >= 15 is 0 Å². The zero-order chi connectivity index (χ0) is 38.9. The highest BCUT2D eigenvalue weighted by molar-refractivity contribution is 7.20. The molecule has 0 unspecified atom stereocenters. The maximum Gasteiger partial charge on any atom is 0.180 e. The maximum atomic E-state index is 2.46. The molecule has 0 bridgehead atoms. The molecule has 12 aromatic rings. The molecule has 12 rings (SSSR count). The minimum Gasteiger partial charge on any atom is -0.0623 e. The van der Waals surface area contributed by atoms with Crippen molar-refractivity contribution in [1.82, 2.24) is 0 Å². The highest BCUT2D eigenvalue weighted by Gasteiger charge is 2.42. The summed E-state index contributed by atoms with van der Waals surface area (Å²) in [5, 5.41) is 21.1. The Labute approximate surface area is 344 Å². The van der Waals surface area contributed by atoms with Crippen molar-refractivity contribution in [2.45, 2.75) is 0 Å². The summed E-state index contributed by atoms with van der Waals surface area (Å²) in [4.78, 5) is 0. The molecule has 12 aromatic carbocycles. The summed E-state index contributed by atoms with van der Waals surface area (Å²) in [7, 11) is -2.90. The SMILES string of the molecule is c1ccc([Si](c2ccccc2)(c2ccc(-c3c4ccccc4c(-c4ccc5ccccc5c4)c4ccccc34)cc2)c2ccc3ccc4cccc5ccc2c3c45)cc1. The quantitative estimate of drug-likeness (QED) is 0.0685. The largest absolute Gasteiger partial charge is 0.180 e. The predicted molar refractivity (Wildman–Crippen MR) is 257 cm³/mol. The third-order valence-corrected chi connectivity index (χ3v) is 17.8. The van der Waals surface area contributed by atoms with E-state index in [0.29, 0.717) is 0 Å². The molecule has 0 amide bonds. The summed E-state index contributed by atoms with van der Waals surface area (Å²) < 4.78 is 0. The van der Waals surface area contributed by atoms with Crippen LogP contribution in [0.5, 0.6) is 0 Å². The molecule has 0 aliphatic heterocycles. The highest BCUT2D eigenvalue weighted by Crippen LogP contribution is 2.44. The van der Waals surface area contributed by atoms with Gasteiger partial charge in [0.1, 0.15) is 0 Å². The van der Waals surface area contributed by atoms with E-state index in [1.54, 1.807) is 0 Å². The number of hydrogen-bond acceptors (Lipinski definition) is 0. The Kier molecular flexibility index (Phi) is 7.66. The van der Waals surface area contributed by atoms with Gasteiger partial charge in [-0.2, -0.15) is 0 Å². The standard InChI is InChI=1S/C58H38Si/c1-3-18-46(19-4-1)59(47-20-5-2-6-21-47,54-37-33-43-28-27-40-16-13-17-41-32-36-53(54)58(43)55(40)41)48-34-30-42(31-35-48)56-49-22-9-11-24-51(49)57(52-25-12-10-23-50(52)56)45-29-26-39-14-7-8-15-44(39)38-45/h1-38H. The van der Waals surface area contributed by atoms with E-state index in [2.05, 4.69) is 231 Å². The van der Waals surface area contributed by atoms with E-state index in [4.69, 9.17) is 0 Å². The summed E-state index contributed by atoms with van der Waals surface area (Å²) in [5.74, 6) is 0. The average molecular weight is 763 g/mol. The maximum absolute atomic E-state index is 2.90. The normalized spacial score (nSPS) is 12.1. The first kappa shape index (κ1) is 33.8. The van der Waals surface area contributed by atoms with Gasteiger partial charge in [-0.05, 0) is 114 Å². The molecule has 0 aliphatic carbocycles. The lowest BCUT2D eigenvalue weighted by atomic mass is 9.85. The zero-order valence-electron chi connectivity index (χ0n) is 32.4. The Morgan fingerprint density at radius 1 is 0.237 bits per heavy atom. The lowest BCUT2D eigenvalue weighted by molar-refractivity contribution is 1.66. The van der Waals surface area contributed by atoms with E-state index < -0.39 is 8.07 Å². The first-order valence-corrected chi connectivity index (χ1v) is 22.6. The van der Waals surface area contributed by atoms with Crippen molar-refractivity contribution in [3.8, 4) is 22.3 Å². The van der Waals surface area contributed by atoms with Crippen molar-refractivity contribution in [1.29, 1.82) is 0 Å². The Morgan fingerprint density at radius 3 is 1.27 bits per heavy atom. The van der Waals surface area contributed by atoms with Crippen LogP contribution >= 0.6 is 0 Å². The van der Waals surface area contributed by atoms with Gasteiger partial charge in [0.05, 0.1) is 0 Å². The fourth-order valence-electron chi connectivity index (χ4n) is 10.4. The number of rotatable bonds is 6. The van der Waals surface area contributed by atoms with Crippen LogP contribution in [0.1, 0.15) is 0 Å². The molecule has 0 atom stereocenters. The van der Waals surface area contributed by atoms with Gasteiger partial charge in [-0.3, -0.25) is 0 Å². The van der Waals surface area contributed by atoms with Gasteiger partial charge in [-0.25, -0.2) is 0 Å². The Bertz CT molecular complexity index is 3420. The Hall–Kier alpha value is -7.32. The smallest absolute Gasteiger partial charge is 0.0623 e. The molecule has 0 nitrogen and oxygen atoms in total. The average Bonchev–Trinajstić information content (AvgIpc) is 3.31. The third kappa shape index (κ3) is 5.08. The van der Waals surface area contributed by atoms with Crippen LogP contribution in [-0.4, -0.2) is 8.07 Å². The van der Waals surface area contributed by atoms with Gasteiger partial charge in [0.15, 0.2) is 8.07 Å². The molecule has 0 aliphatic rings. The van der Waals surface area contributed by atoms with Crippen LogP contribution in [0.2, 0.25) is 0 Å². The summed E-state index contributed by atoms with van der Waals surface area (Å²) in [6, 6.07) is 86.8. The minimum atomic E-state index is -2.90. The molecule has 0 N–H and O–H groups in total.